The molecule has 2 amide bonds. The molecule has 6 nitrogen and oxygen atoms in total. The number of halogens is 1. The number of carboxylic acids is 1. The summed E-state index contributed by atoms with van der Waals surface area (Å²) in [6.07, 6.45) is 2.97. The van der Waals surface area contributed by atoms with E-state index in [1.54, 1.807) is 24.3 Å². The van der Waals surface area contributed by atoms with Crippen LogP contribution in [0.5, 0.6) is 0 Å². The van der Waals surface area contributed by atoms with Crippen molar-refractivity contribution in [3.05, 3.63) is 29.3 Å². The average molecular weight is 377 g/mol. The number of anilines is 1. The molecule has 1 N–H and O–H groups in total. The van der Waals surface area contributed by atoms with Crippen molar-refractivity contribution in [1.82, 2.24) is 4.90 Å². The normalized spacial score (nSPS) is 30.7. The van der Waals surface area contributed by atoms with Gasteiger partial charge in [0.2, 0.25) is 11.8 Å². The van der Waals surface area contributed by atoms with Gasteiger partial charge in [-0.05, 0) is 36.8 Å². The number of hydrogen-bond donors (Lipinski definition) is 1. The minimum Gasteiger partial charge on any atom is -0.480 e. The molecule has 0 aromatic heterocycles. The zero-order valence-electron chi connectivity index (χ0n) is 14.3. The molecule has 7 heteroatoms. The van der Waals surface area contributed by atoms with Gasteiger partial charge in [-0.15, -0.1) is 0 Å². The fourth-order valence-electron chi connectivity index (χ4n) is 4.86. The van der Waals surface area contributed by atoms with Gasteiger partial charge < -0.3 is 14.9 Å². The number of nitrogens with zero attached hydrogens (tertiary/aromatic N) is 2. The smallest absolute Gasteiger partial charge is 0.326 e. The summed E-state index contributed by atoms with van der Waals surface area (Å²) in [5.41, 5.74) is 0.600. The monoisotopic (exact) mass is 376 g/mol. The van der Waals surface area contributed by atoms with Crippen molar-refractivity contribution in [2.75, 3.05) is 18.0 Å². The predicted molar refractivity (Wildman–Crippen MR) is 95.9 cm³/mol. The van der Waals surface area contributed by atoms with Crippen LogP contribution in [-0.2, 0) is 14.4 Å². The molecule has 2 saturated heterocycles. The van der Waals surface area contributed by atoms with Crippen LogP contribution in [0.2, 0.25) is 5.02 Å². The second-order valence-electron chi connectivity index (χ2n) is 7.49. The molecule has 1 aliphatic carbocycles. The molecule has 1 saturated carbocycles. The molecule has 0 radical (unpaired) electrons. The number of likely N-dealkylation sites (tertiary alicyclic amines) is 1. The van der Waals surface area contributed by atoms with Gasteiger partial charge in [0.05, 0.1) is 16.6 Å². The number of para-hydroxylation sites is 1. The van der Waals surface area contributed by atoms with Crippen LogP contribution in [0.25, 0.3) is 0 Å². The van der Waals surface area contributed by atoms with E-state index in [-0.39, 0.29) is 36.6 Å². The van der Waals surface area contributed by atoms with Crippen molar-refractivity contribution in [2.24, 2.45) is 17.8 Å². The van der Waals surface area contributed by atoms with Gasteiger partial charge in [-0.3, -0.25) is 9.59 Å². The van der Waals surface area contributed by atoms with E-state index in [4.69, 9.17) is 11.6 Å². The van der Waals surface area contributed by atoms with Crippen molar-refractivity contribution in [2.45, 2.75) is 31.7 Å². The van der Waals surface area contributed by atoms with E-state index in [1.807, 2.05) is 0 Å². The number of carbonyl (C=O) groups is 3. The second-order valence-corrected chi connectivity index (χ2v) is 7.89. The van der Waals surface area contributed by atoms with Crippen molar-refractivity contribution < 1.29 is 19.5 Å². The molecular weight excluding hydrogens is 356 g/mol. The third kappa shape index (κ3) is 2.76. The highest BCUT2D eigenvalue weighted by atomic mass is 35.5. The molecule has 0 spiro atoms. The first-order chi connectivity index (χ1) is 12.5. The van der Waals surface area contributed by atoms with E-state index in [9.17, 15) is 19.5 Å². The number of amides is 2. The van der Waals surface area contributed by atoms with Crippen LogP contribution in [0.1, 0.15) is 25.7 Å². The summed E-state index contributed by atoms with van der Waals surface area (Å²) >= 11 is 6.19. The summed E-state index contributed by atoms with van der Waals surface area (Å²) in [4.78, 5) is 40.3. The molecule has 0 bridgehead atoms. The minimum atomic E-state index is -0.931. The van der Waals surface area contributed by atoms with Crippen molar-refractivity contribution in [1.29, 1.82) is 0 Å². The molecule has 4 rings (SSSR count). The summed E-state index contributed by atoms with van der Waals surface area (Å²) in [6.45, 7) is 0.747. The Morgan fingerprint density at radius 2 is 1.92 bits per heavy atom. The first-order valence-corrected chi connectivity index (χ1v) is 9.43. The van der Waals surface area contributed by atoms with Crippen LogP contribution in [0.4, 0.5) is 5.69 Å². The lowest BCUT2D eigenvalue weighted by Crippen LogP contribution is -2.46. The molecule has 138 valence electrons. The van der Waals surface area contributed by atoms with E-state index in [2.05, 4.69) is 0 Å². The molecule has 2 heterocycles. The van der Waals surface area contributed by atoms with E-state index >= 15 is 0 Å². The Hall–Kier alpha value is -2.08. The number of carbonyl (C=O) groups excluding carboxylic acids is 2. The van der Waals surface area contributed by atoms with Gasteiger partial charge >= 0.3 is 5.97 Å². The van der Waals surface area contributed by atoms with Gasteiger partial charge in [0.1, 0.15) is 6.04 Å². The van der Waals surface area contributed by atoms with Crippen LogP contribution in [0, 0.1) is 17.8 Å². The van der Waals surface area contributed by atoms with Crippen LogP contribution in [-0.4, -0.2) is 46.9 Å². The topological polar surface area (TPSA) is 77.9 Å². The van der Waals surface area contributed by atoms with Crippen LogP contribution < -0.4 is 4.90 Å². The Kier molecular flexibility index (Phi) is 4.39. The van der Waals surface area contributed by atoms with E-state index < -0.39 is 17.9 Å². The lowest BCUT2D eigenvalue weighted by Gasteiger charge is -2.27. The second kappa shape index (κ2) is 6.58. The summed E-state index contributed by atoms with van der Waals surface area (Å²) < 4.78 is 0. The molecule has 1 aromatic rings. The molecule has 3 fully saturated rings. The first kappa shape index (κ1) is 17.3. The van der Waals surface area contributed by atoms with E-state index in [0.717, 1.165) is 19.3 Å². The van der Waals surface area contributed by atoms with Crippen molar-refractivity contribution in [3.63, 3.8) is 0 Å². The lowest BCUT2D eigenvalue weighted by atomic mass is 9.94. The van der Waals surface area contributed by atoms with Gasteiger partial charge in [0.15, 0.2) is 0 Å². The summed E-state index contributed by atoms with van der Waals surface area (Å²) in [7, 11) is 0. The molecule has 1 aromatic carbocycles. The number of hydrogen-bond acceptors (Lipinski definition) is 3. The number of benzene rings is 1. The maximum absolute atomic E-state index is 13.1. The zero-order valence-corrected chi connectivity index (χ0v) is 15.1. The van der Waals surface area contributed by atoms with E-state index in [1.165, 1.54) is 9.80 Å². The Morgan fingerprint density at radius 3 is 2.65 bits per heavy atom. The van der Waals surface area contributed by atoms with Crippen LogP contribution in [0.3, 0.4) is 0 Å². The van der Waals surface area contributed by atoms with Gasteiger partial charge in [0, 0.05) is 19.5 Å². The fraction of sp³-hybridized carbons (Fsp3) is 0.526. The standard InChI is InChI=1S/C19H21ClN2O4/c20-14-6-1-2-7-15(14)21-10-12(8-16(21)23)18(24)22-9-11-4-3-5-13(11)17(22)19(25)26/h1-2,6-7,11-13,17H,3-5,8-10H2,(H,25,26). The first-order valence-electron chi connectivity index (χ1n) is 9.05. The van der Waals surface area contributed by atoms with Gasteiger partial charge in [-0.1, -0.05) is 30.2 Å². The summed E-state index contributed by atoms with van der Waals surface area (Å²) in [5.74, 6) is -1.48. The Bertz CT molecular complexity index is 768. The number of rotatable bonds is 3. The maximum atomic E-state index is 13.1. The molecule has 26 heavy (non-hydrogen) atoms. The largest absolute Gasteiger partial charge is 0.480 e. The van der Waals surface area contributed by atoms with Gasteiger partial charge in [0.25, 0.3) is 0 Å². The van der Waals surface area contributed by atoms with E-state index in [0.29, 0.717) is 17.3 Å². The summed E-state index contributed by atoms with van der Waals surface area (Å²) in [6, 6.07) is 6.30. The highest BCUT2D eigenvalue weighted by Gasteiger charge is 2.51. The lowest BCUT2D eigenvalue weighted by molar-refractivity contribution is -0.151. The van der Waals surface area contributed by atoms with Crippen LogP contribution >= 0.6 is 11.6 Å². The SMILES string of the molecule is O=C(O)C1C2CCCC2CN1C(=O)C1CC(=O)N(c2ccccc2Cl)C1. The molecule has 2 aliphatic heterocycles. The van der Waals surface area contributed by atoms with Gasteiger partial charge in [-0.25, -0.2) is 4.79 Å². The molecule has 3 aliphatic rings. The third-order valence-corrected chi connectivity index (χ3v) is 6.36. The van der Waals surface area contributed by atoms with Gasteiger partial charge in [-0.2, -0.15) is 0 Å². The fourth-order valence-corrected chi connectivity index (χ4v) is 5.10. The Morgan fingerprint density at radius 1 is 1.15 bits per heavy atom. The Labute approximate surface area is 156 Å². The quantitative estimate of drug-likeness (QED) is 0.878. The minimum absolute atomic E-state index is 0.0493. The molecular formula is C19H21ClN2O4. The number of fused-ring (bicyclic) bond motifs is 1. The van der Waals surface area contributed by atoms with Crippen molar-refractivity contribution in [3.8, 4) is 0 Å². The highest BCUT2D eigenvalue weighted by molar-refractivity contribution is 6.33. The molecule has 4 atom stereocenters. The number of carboxylic acid groups (broad SMARTS) is 1. The molecule has 4 unspecified atom stereocenters. The Balaban J connectivity index is 1.53. The third-order valence-electron chi connectivity index (χ3n) is 6.04. The maximum Gasteiger partial charge on any atom is 0.326 e. The predicted octanol–water partition coefficient (Wildman–Crippen LogP) is 2.40. The average Bonchev–Trinajstić information content (AvgIpc) is 3.28. The zero-order chi connectivity index (χ0) is 18.4. The van der Waals surface area contributed by atoms with Crippen LogP contribution in [0.15, 0.2) is 24.3 Å². The van der Waals surface area contributed by atoms with Crippen molar-refractivity contribution >= 4 is 35.1 Å². The highest BCUT2D eigenvalue weighted by Crippen LogP contribution is 2.43. The number of aliphatic carboxylic acids is 1. The summed E-state index contributed by atoms with van der Waals surface area (Å²) in [5, 5.41) is 10.1.